The number of nitrogens with two attached hydrogens (primary N) is 1. The number of benzene rings is 1. The summed E-state index contributed by atoms with van der Waals surface area (Å²) < 4.78 is 0. The van der Waals surface area contributed by atoms with Crippen LogP contribution in [0.5, 0.6) is 0 Å². The zero-order valence-corrected chi connectivity index (χ0v) is 10.3. The lowest BCUT2D eigenvalue weighted by molar-refractivity contribution is -0.384. The Hall–Kier alpha value is -2.28. The number of hydrogen-bond donors (Lipinski definition) is 2. The molecule has 0 aliphatic rings. The molecule has 0 heterocycles. The molecule has 1 atom stereocenters. The Bertz CT molecular complexity index is 511. The summed E-state index contributed by atoms with van der Waals surface area (Å²) in [6.07, 6.45) is -0.362. The number of nitrogens with zero attached hydrogens (tertiary/aromatic N) is 1. The van der Waals surface area contributed by atoms with E-state index >= 15 is 0 Å². The van der Waals surface area contributed by atoms with E-state index in [-0.39, 0.29) is 24.3 Å². The topological polar surface area (TPSA) is 124 Å². The highest BCUT2D eigenvalue weighted by molar-refractivity contribution is 5.87. The van der Waals surface area contributed by atoms with Crippen LogP contribution in [-0.4, -0.2) is 27.3 Å². The van der Waals surface area contributed by atoms with Crippen molar-refractivity contribution >= 4 is 17.4 Å². The number of carbonyl (C=O) groups is 2. The number of aliphatic carboxylic acids is 1. The predicted octanol–water partition coefficient (Wildman–Crippen LogP) is 0.898. The van der Waals surface area contributed by atoms with E-state index in [4.69, 9.17) is 10.8 Å². The third-order valence-electron chi connectivity index (χ3n) is 2.66. The van der Waals surface area contributed by atoms with Gasteiger partial charge in [-0.25, -0.2) is 0 Å². The Labute approximate surface area is 109 Å². The van der Waals surface area contributed by atoms with Crippen molar-refractivity contribution in [2.45, 2.75) is 25.3 Å². The highest BCUT2D eigenvalue weighted by Gasteiger charge is 2.35. The van der Waals surface area contributed by atoms with Gasteiger partial charge in [0.1, 0.15) is 11.3 Å². The van der Waals surface area contributed by atoms with Gasteiger partial charge >= 0.3 is 5.97 Å². The van der Waals surface area contributed by atoms with Crippen LogP contribution in [0.1, 0.15) is 18.9 Å². The molecule has 0 radical (unpaired) electrons. The molecule has 1 unspecified atom stereocenters. The third-order valence-corrected chi connectivity index (χ3v) is 2.66. The molecule has 1 rings (SSSR count). The Morgan fingerprint density at radius 1 is 1.37 bits per heavy atom. The molecule has 0 amide bonds. The van der Waals surface area contributed by atoms with Crippen molar-refractivity contribution < 1.29 is 19.6 Å². The lowest BCUT2D eigenvalue weighted by Gasteiger charge is -2.23. The fourth-order valence-electron chi connectivity index (χ4n) is 1.76. The average Bonchev–Trinajstić information content (AvgIpc) is 2.28. The lowest BCUT2D eigenvalue weighted by atomic mass is 9.87. The first-order valence-corrected chi connectivity index (χ1v) is 5.49. The number of ketones is 1. The summed E-state index contributed by atoms with van der Waals surface area (Å²) in [4.78, 5) is 32.2. The monoisotopic (exact) mass is 266 g/mol. The van der Waals surface area contributed by atoms with Gasteiger partial charge in [-0.2, -0.15) is 0 Å². The van der Waals surface area contributed by atoms with Crippen LogP contribution >= 0.6 is 0 Å². The minimum atomic E-state index is -1.69. The van der Waals surface area contributed by atoms with Crippen LogP contribution in [0.15, 0.2) is 24.3 Å². The van der Waals surface area contributed by atoms with E-state index in [1.807, 2.05) is 0 Å². The molecule has 7 nitrogen and oxygen atoms in total. The molecule has 0 aliphatic heterocycles. The van der Waals surface area contributed by atoms with Crippen molar-refractivity contribution in [2.75, 3.05) is 0 Å². The van der Waals surface area contributed by atoms with Crippen molar-refractivity contribution in [3.8, 4) is 0 Å². The highest BCUT2D eigenvalue weighted by Crippen LogP contribution is 2.19. The zero-order chi connectivity index (χ0) is 14.6. The van der Waals surface area contributed by atoms with Crippen molar-refractivity contribution in [1.82, 2.24) is 0 Å². The normalized spacial score (nSPS) is 13.6. The minimum absolute atomic E-state index is 0.0695. The van der Waals surface area contributed by atoms with Crippen molar-refractivity contribution in [2.24, 2.45) is 5.73 Å². The van der Waals surface area contributed by atoms with Crippen molar-refractivity contribution in [3.63, 3.8) is 0 Å². The molecule has 1 aromatic rings. The molecule has 0 spiro atoms. The van der Waals surface area contributed by atoms with Crippen LogP contribution in [0.3, 0.4) is 0 Å². The standard InChI is InChI=1S/C12H14N2O5/c1-8(15)6-12(13,11(16)17)7-9-2-4-10(5-3-9)14(18)19/h2-5H,6-7,13H2,1H3,(H,16,17). The first-order chi connectivity index (χ1) is 8.74. The maximum Gasteiger partial charge on any atom is 0.324 e. The number of carboxylic acid groups (broad SMARTS) is 1. The molecule has 0 bridgehead atoms. The summed E-state index contributed by atoms with van der Waals surface area (Å²) in [5.74, 6) is -1.60. The fourth-order valence-corrected chi connectivity index (χ4v) is 1.76. The molecule has 0 aliphatic carbocycles. The Balaban J connectivity index is 2.94. The number of Topliss-reactive ketones (excluding diaryl/α,β-unsaturated/α-hetero) is 1. The summed E-state index contributed by atoms with van der Waals surface area (Å²) in [5.41, 5.74) is 4.46. The molecule has 0 fully saturated rings. The smallest absolute Gasteiger partial charge is 0.324 e. The van der Waals surface area contributed by atoms with Gasteiger partial charge in [0, 0.05) is 25.0 Å². The van der Waals surface area contributed by atoms with Crippen LogP contribution in [0, 0.1) is 10.1 Å². The number of carboxylic acids is 1. The van der Waals surface area contributed by atoms with Crippen LogP contribution in [0.4, 0.5) is 5.69 Å². The van der Waals surface area contributed by atoms with Crippen LogP contribution in [0.25, 0.3) is 0 Å². The van der Waals surface area contributed by atoms with Gasteiger partial charge in [0.05, 0.1) is 4.92 Å². The van der Waals surface area contributed by atoms with Gasteiger partial charge in [-0.3, -0.25) is 19.7 Å². The summed E-state index contributed by atoms with van der Waals surface area (Å²) in [7, 11) is 0. The Morgan fingerprint density at radius 3 is 2.26 bits per heavy atom. The Kier molecular flexibility index (Phi) is 4.34. The molecule has 7 heteroatoms. The number of carbonyl (C=O) groups excluding carboxylic acids is 1. The first kappa shape index (κ1) is 14.8. The van der Waals surface area contributed by atoms with E-state index in [1.165, 1.54) is 31.2 Å². The van der Waals surface area contributed by atoms with Gasteiger partial charge in [-0.15, -0.1) is 0 Å². The second kappa shape index (κ2) is 5.57. The summed E-state index contributed by atoms with van der Waals surface area (Å²) >= 11 is 0. The summed E-state index contributed by atoms with van der Waals surface area (Å²) in [6, 6.07) is 5.41. The average molecular weight is 266 g/mol. The van der Waals surface area contributed by atoms with Gasteiger partial charge in [-0.05, 0) is 12.5 Å². The largest absolute Gasteiger partial charge is 0.480 e. The number of nitro groups is 1. The molecular formula is C12H14N2O5. The van der Waals surface area contributed by atoms with Crippen LogP contribution in [-0.2, 0) is 16.0 Å². The Morgan fingerprint density at radius 2 is 1.89 bits per heavy atom. The molecular weight excluding hydrogens is 252 g/mol. The van der Waals surface area contributed by atoms with E-state index in [0.717, 1.165) is 0 Å². The maximum absolute atomic E-state index is 11.2. The highest BCUT2D eigenvalue weighted by atomic mass is 16.6. The number of hydrogen-bond acceptors (Lipinski definition) is 5. The number of nitro benzene ring substituents is 1. The lowest BCUT2D eigenvalue weighted by Crippen LogP contribution is -2.51. The van der Waals surface area contributed by atoms with Crippen LogP contribution in [0.2, 0.25) is 0 Å². The second-order valence-electron chi connectivity index (χ2n) is 4.44. The van der Waals surface area contributed by atoms with E-state index in [1.54, 1.807) is 0 Å². The molecule has 0 aromatic heterocycles. The van der Waals surface area contributed by atoms with E-state index < -0.39 is 16.4 Å². The van der Waals surface area contributed by atoms with Gasteiger partial charge < -0.3 is 10.8 Å². The number of rotatable bonds is 6. The summed E-state index contributed by atoms with van der Waals surface area (Å²) in [5, 5.41) is 19.6. The minimum Gasteiger partial charge on any atom is -0.480 e. The molecule has 0 saturated carbocycles. The van der Waals surface area contributed by atoms with Gasteiger partial charge in [0.25, 0.3) is 5.69 Å². The molecule has 1 aromatic carbocycles. The fraction of sp³-hybridized carbons (Fsp3) is 0.333. The van der Waals surface area contributed by atoms with E-state index in [9.17, 15) is 19.7 Å². The van der Waals surface area contributed by atoms with Crippen molar-refractivity contribution in [1.29, 1.82) is 0 Å². The van der Waals surface area contributed by atoms with Gasteiger partial charge in [-0.1, -0.05) is 12.1 Å². The number of non-ortho nitro benzene ring substituents is 1. The third kappa shape index (κ3) is 3.85. The summed E-state index contributed by atoms with van der Waals surface area (Å²) in [6.45, 7) is 1.26. The maximum atomic E-state index is 11.2. The van der Waals surface area contributed by atoms with Crippen molar-refractivity contribution in [3.05, 3.63) is 39.9 Å². The van der Waals surface area contributed by atoms with Crippen LogP contribution < -0.4 is 5.73 Å². The quantitative estimate of drug-likeness (QED) is 0.582. The molecule has 3 N–H and O–H groups in total. The molecule has 19 heavy (non-hydrogen) atoms. The van der Waals surface area contributed by atoms with E-state index in [0.29, 0.717) is 5.56 Å². The SMILES string of the molecule is CC(=O)CC(N)(Cc1ccc([N+](=O)[O-])cc1)C(=O)O. The molecule has 102 valence electrons. The predicted molar refractivity (Wildman–Crippen MR) is 66.7 cm³/mol. The zero-order valence-electron chi connectivity index (χ0n) is 10.3. The van der Waals surface area contributed by atoms with E-state index in [2.05, 4.69) is 0 Å². The molecule has 0 saturated heterocycles. The first-order valence-electron chi connectivity index (χ1n) is 5.49. The second-order valence-corrected chi connectivity index (χ2v) is 4.44. The van der Waals surface area contributed by atoms with Gasteiger partial charge in [0.2, 0.25) is 0 Å². The van der Waals surface area contributed by atoms with Gasteiger partial charge in [0.15, 0.2) is 0 Å².